The summed E-state index contributed by atoms with van der Waals surface area (Å²) in [6.45, 7) is 7.96. The average Bonchev–Trinajstić information content (AvgIpc) is 2.86. The van der Waals surface area contributed by atoms with Crippen LogP contribution in [-0.4, -0.2) is 43.3 Å². The zero-order valence-electron chi connectivity index (χ0n) is 13.0. The minimum atomic E-state index is 0.336. The third kappa shape index (κ3) is 4.05. The van der Waals surface area contributed by atoms with Gasteiger partial charge in [0.05, 0.1) is 0 Å². The maximum atomic E-state index is 9.21. The van der Waals surface area contributed by atoms with E-state index in [2.05, 4.69) is 42.3 Å². The molecule has 1 fully saturated rings. The summed E-state index contributed by atoms with van der Waals surface area (Å²) in [5, 5.41) is 12.7. The third-order valence-corrected chi connectivity index (χ3v) is 4.36. The summed E-state index contributed by atoms with van der Waals surface area (Å²) >= 11 is 0. The molecule has 0 saturated carbocycles. The highest BCUT2D eigenvalue weighted by atomic mass is 16.3. The van der Waals surface area contributed by atoms with E-state index < -0.39 is 0 Å². The van der Waals surface area contributed by atoms with E-state index in [0.29, 0.717) is 18.6 Å². The van der Waals surface area contributed by atoms with E-state index in [1.807, 2.05) is 7.05 Å². The monoisotopic (exact) mass is 276 g/mol. The van der Waals surface area contributed by atoms with Crippen LogP contribution in [0.5, 0.6) is 0 Å². The van der Waals surface area contributed by atoms with Gasteiger partial charge in [-0.2, -0.15) is 0 Å². The van der Waals surface area contributed by atoms with Crippen LogP contribution in [0.4, 0.5) is 0 Å². The molecule has 112 valence electrons. The largest absolute Gasteiger partial charge is 0.396 e. The second-order valence-electron chi connectivity index (χ2n) is 6.19. The Morgan fingerprint density at radius 1 is 1.30 bits per heavy atom. The molecule has 1 aliphatic rings. The molecule has 0 aromatic heterocycles. The van der Waals surface area contributed by atoms with Crippen molar-refractivity contribution in [3.8, 4) is 0 Å². The average molecular weight is 276 g/mol. The molecule has 1 aromatic rings. The van der Waals surface area contributed by atoms with Gasteiger partial charge in [0.2, 0.25) is 0 Å². The maximum absolute atomic E-state index is 9.21. The van der Waals surface area contributed by atoms with Crippen LogP contribution >= 0.6 is 0 Å². The first-order chi connectivity index (χ1) is 9.62. The summed E-state index contributed by atoms with van der Waals surface area (Å²) in [6, 6.07) is 7.22. The summed E-state index contributed by atoms with van der Waals surface area (Å²) in [5.41, 5.74) is 4.06. The molecular formula is C17H28N2O. The first-order valence-corrected chi connectivity index (χ1v) is 7.71. The molecule has 2 atom stereocenters. The molecule has 0 aliphatic carbocycles. The molecule has 3 heteroatoms. The lowest BCUT2D eigenvalue weighted by molar-refractivity contribution is 0.219. The molecule has 0 radical (unpaired) electrons. The van der Waals surface area contributed by atoms with Gasteiger partial charge in [0.25, 0.3) is 0 Å². The number of hydrogen-bond acceptors (Lipinski definition) is 3. The van der Waals surface area contributed by atoms with E-state index in [1.54, 1.807) is 0 Å². The molecule has 1 saturated heterocycles. The number of benzene rings is 1. The van der Waals surface area contributed by atoms with Crippen molar-refractivity contribution in [2.45, 2.75) is 32.7 Å². The molecule has 2 unspecified atom stereocenters. The number of likely N-dealkylation sites (tertiary alicyclic amines) is 1. The summed E-state index contributed by atoms with van der Waals surface area (Å²) < 4.78 is 0. The standard InChI is InChI=1S/C17H28N2O/c1-13-8-14(2)10-16(9-13)17(18-3)5-7-19-6-4-15(11-19)12-20/h8-10,15,17-18,20H,4-7,11-12H2,1-3H3. The van der Waals surface area contributed by atoms with Crippen molar-refractivity contribution in [1.29, 1.82) is 0 Å². The second-order valence-corrected chi connectivity index (χ2v) is 6.19. The van der Waals surface area contributed by atoms with E-state index in [1.165, 1.54) is 16.7 Å². The lowest BCUT2D eigenvalue weighted by Crippen LogP contribution is -2.27. The predicted molar refractivity (Wildman–Crippen MR) is 84.0 cm³/mol. The van der Waals surface area contributed by atoms with Gasteiger partial charge in [-0.15, -0.1) is 0 Å². The molecular weight excluding hydrogens is 248 g/mol. The van der Waals surface area contributed by atoms with Crippen LogP contribution in [0.1, 0.15) is 35.6 Å². The van der Waals surface area contributed by atoms with Crippen molar-refractivity contribution in [3.63, 3.8) is 0 Å². The Bertz CT molecular complexity index is 413. The fourth-order valence-corrected chi connectivity index (χ4v) is 3.27. The van der Waals surface area contributed by atoms with Crippen LogP contribution in [0.25, 0.3) is 0 Å². The zero-order valence-corrected chi connectivity index (χ0v) is 13.0. The molecule has 0 spiro atoms. The van der Waals surface area contributed by atoms with Crippen LogP contribution < -0.4 is 5.32 Å². The molecule has 2 N–H and O–H groups in total. The van der Waals surface area contributed by atoms with Gasteiger partial charge in [-0.25, -0.2) is 0 Å². The highest BCUT2D eigenvalue weighted by Gasteiger charge is 2.22. The first-order valence-electron chi connectivity index (χ1n) is 7.71. The Morgan fingerprint density at radius 2 is 2.00 bits per heavy atom. The van der Waals surface area contributed by atoms with Gasteiger partial charge < -0.3 is 15.3 Å². The Kier molecular flexibility index (Phi) is 5.58. The third-order valence-electron chi connectivity index (χ3n) is 4.36. The molecule has 1 heterocycles. The lowest BCUT2D eigenvalue weighted by Gasteiger charge is -2.22. The van der Waals surface area contributed by atoms with Crippen LogP contribution in [0.15, 0.2) is 18.2 Å². The van der Waals surface area contributed by atoms with E-state index in [-0.39, 0.29) is 0 Å². The fraction of sp³-hybridized carbons (Fsp3) is 0.647. The van der Waals surface area contributed by atoms with E-state index in [4.69, 9.17) is 0 Å². The number of aliphatic hydroxyl groups excluding tert-OH is 1. The van der Waals surface area contributed by atoms with Crippen molar-refractivity contribution >= 4 is 0 Å². The van der Waals surface area contributed by atoms with Crippen molar-refractivity contribution in [2.75, 3.05) is 33.3 Å². The number of aliphatic hydroxyl groups is 1. The van der Waals surface area contributed by atoms with Crippen LogP contribution in [0.2, 0.25) is 0 Å². The topological polar surface area (TPSA) is 35.5 Å². The van der Waals surface area contributed by atoms with Crippen molar-refractivity contribution < 1.29 is 5.11 Å². The Labute approximate surface area is 123 Å². The number of aryl methyl sites for hydroxylation is 2. The SMILES string of the molecule is CNC(CCN1CCC(CO)C1)c1cc(C)cc(C)c1. The van der Waals surface area contributed by atoms with Crippen molar-refractivity contribution in [1.82, 2.24) is 10.2 Å². The molecule has 1 aromatic carbocycles. The number of nitrogens with one attached hydrogen (secondary N) is 1. The van der Waals surface area contributed by atoms with Gasteiger partial charge in [-0.3, -0.25) is 0 Å². The minimum Gasteiger partial charge on any atom is -0.396 e. The molecule has 1 aliphatic heterocycles. The van der Waals surface area contributed by atoms with Crippen LogP contribution in [-0.2, 0) is 0 Å². The summed E-state index contributed by atoms with van der Waals surface area (Å²) in [7, 11) is 2.04. The molecule has 2 rings (SSSR count). The van der Waals surface area contributed by atoms with E-state index in [0.717, 1.165) is 32.5 Å². The Hall–Kier alpha value is -0.900. The van der Waals surface area contributed by atoms with Crippen molar-refractivity contribution in [2.24, 2.45) is 5.92 Å². The highest BCUT2D eigenvalue weighted by molar-refractivity contribution is 5.30. The van der Waals surface area contributed by atoms with Crippen molar-refractivity contribution in [3.05, 3.63) is 34.9 Å². The molecule has 0 amide bonds. The summed E-state index contributed by atoms with van der Waals surface area (Å²) in [5.74, 6) is 0.490. The van der Waals surface area contributed by atoms with E-state index in [9.17, 15) is 5.11 Å². The minimum absolute atomic E-state index is 0.336. The van der Waals surface area contributed by atoms with E-state index >= 15 is 0 Å². The molecule has 3 nitrogen and oxygen atoms in total. The van der Waals surface area contributed by atoms with Gasteiger partial charge in [0.1, 0.15) is 0 Å². The number of rotatable bonds is 6. The fourth-order valence-electron chi connectivity index (χ4n) is 3.27. The Balaban J connectivity index is 1.92. The van der Waals surface area contributed by atoms with Gasteiger partial charge in [-0.05, 0) is 58.3 Å². The van der Waals surface area contributed by atoms with Gasteiger partial charge in [0, 0.05) is 19.2 Å². The molecule has 0 bridgehead atoms. The van der Waals surface area contributed by atoms with Gasteiger partial charge in [0.15, 0.2) is 0 Å². The van der Waals surface area contributed by atoms with Crippen LogP contribution in [0.3, 0.4) is 0 Å². The van der Waals surface area contributed by atoms with Gasteiger partial charge >= 0.3 is 0 Å². The summed E-state index contributed by atoms with van der Waals surface area (Å²) in [6.07, 6.45) is 2.27. The predicted octanol–water partition coefficient (Wildman–Crippen LogP) is 2.27. The number of hydrogen-bond donors (Lipinski definition) is 2. The van der Waals surface area contributed by atoms with Gasteiger partial charge in [-0.1, -0.05) is 29.3 Å². The quantitative estimate of drug-likeness (QED) is 0.836. The maximum Gasteiger partial charge on any atom is 0.0471 e. The zero-order chi connectivity index (χ0) is 14.5. The lowest BCUT2D eigenvalue weighted by atomic mass is 9.99. The Morgan fingerprint density at radius 3 is 2.55 bits per heavy atom. The number of nitrogens with zero attached hydrogens (tertiary/aromatic N) is 1. The second kappa shape index (κ2) is 7.21. The smallest absolute Gasteiger partial charge is 0.0471 e. The first kappa shape index (κ1) is 15.5. The van der Waals surface area contributed by atoms with Crippen LogP contribution in [0, 0.1) is 19.8 Å². The molecule has 20 heavy (non-hydrogen) atoms. The summed E-state index contributed by atoms with van der Waals surface area (Å²) in [4.78, 5) is 2.48. The normalized spacial score (nSPS) is 21.3. The highest BCUT2D eigenvalue weighted by Crippen LogP contribution is 2.22.